The number of rotatable bonds is 5. The smallest absolute Gasteiger partial charge is 0.240 e. The summed E-state index contributed by atoms with van der Waals surface area (Å²) in [4.78, 5) is 14.5. The van der Waals surface area contributed by atoms with Crippen LogP contribution in [0.1, 0.15) is 45.2 Å². The third kappa shape index (κ3) is 3.18. The summed E-state index contributed by atoms with van der Waals surface area (Å²) in [6.07, 6.45) is 2.06. The summed E-state index contributed by atoms with van der Waals surface area (Å²) in [6, 6.07) is 6.09. The second-order valence-corrected chi connectivity index (χ2v) is 5.97. The number of hydrogen-bond acceptors (Lipinski definition) is 2. The number of nitrogens with two attached hydrogens (primary N) is 1. The van der Waals surface area contributed by atoms with Gasteiger partial charge in [0.2, 0.25) is 5.91 Å². The van der Waals surface area contributed by atoms with Crippen LogP contribution in [-0.4, -0.2) is 22.9 Å². The third-order valence-electron chi connectivity index (χ3n) is 3.97. The number of hydrogen-bond donors (Lipinski definition) is 1. The Balaban J connectivity index is 2.20. The summed E-state index contributed by atoms with van der Waals surface area (Å²) in [7, 11) is 0. The van der Waals surface area contributed by atoms with Crippen LogP contribution in [0.4, 0.5) is 4.39 Å². The summed E-state index contributed by atoms with van der Waals surface area (Å²) in [6.45, 7) is 5.89. The molecule has 4 heteroatoms. The maximum atomic E-state index is 13.0. The first-order valence-corrected chi connectivity index (χ1v) is 7.25. The van der Waals surface area contributed by atoms with Gasteiger partial charge in [0.25, 0.3) is 0 Å². The van der Waals surface area contributed by atoms with Gasteiger partial charge in [-0.2, -0.15) is 0 Å². The number of carbonyl (C=O) groups excluding carboxylic acids is 1. The van der Waals surface area contributed by atoms with E-state index in [-0.39, 0.29) is 29.7 Å². The summed E-state index contributed by atoms with van der Waals surface area (Å²) < 4.78 is 13.0. The van der Waals surface area contributed by atoms with E-state index in [9.17, 15) is 9.18 Å². The Hall–Kier alpha value is -1.42. The number of carbonyl (C=O) groups is 1. The van der Waals surface area contributed by atoms with Crippen molar-refractivity contribution in [2.45, 2.75) is 51.7 Å². The van der Waals surface area contributed by atoms with Crippen molar-refractivity contribution >= 4 is 5.91 Å². The molecule has 0 unspecified atom stereocenters. The van der Waals surface area contributed by atoms with Gasteiger partial charge in [0, 0.05) is 6.04 Å². The average Bonchev–Trinajstić information content (AvgIpc) is 3.23. The molecule has 0 bridgehead atoms. The molecule has 2 N–H and O–H groups in total. The van der Waals surface area contributed by atoms with Crippen molar-refractivity contribution in [1.29, 1.82) is 0 Å². The molecule has 3 nitrogen and oxygen atoms in total. The molecule has 1 aromatic carbocycles. The zero-order valence-electron chi connectivity index (χ0n) is 12.3. The van der Waals surface area contributed by atoms with E-state index in [0.29, 0.717) is 0 Å². The van der Waals surface area contributed by atoms with Crippen LogP contribution >= 0.6 is 0 Å². The predicted molar refractivity (Wildman–Crippen MR) is 77.5 cm³/mol. The fourth-order valence-corrected chi connectivity index (χ4v) is 2.40. The van der Waals surface area contributed by atoms with Crippen LogP contribution in [0.25, 0.3) is 0 Å². The Morgan fingerprint density at radius 3 is 2.25 bits per heavy atom. The van der Waals surface area contributed by atoms with E-state index in [4.69, 9.17) is 5.73 Å². The van der Waals surface area contributed by atoms with Crippen LogP contribution in [0, 0.1) is 11.7 Å². The molecule has 1 aliphatic carbocycles. The molecule has 110 valence electrons. The molecule has 20 heavy (non-hydrogen) atoms. The molecule has 1 saturated carbocycles. The molecule has 2 rings (SSSR count). The first-order valence-electron chi connectivity index (χ1n) is 7.25. The van der Waals surface area contributed by atoms with Gasteiger partial charge in [0.1, 0.15) is 5.82 Å². The SMILES string of the molecule is CC(C)[C@H](N)C(=O)N(C1CC1)[C@H](C)c1ccc(F)cc1. The highest BCUT2D eigenvalue weighted by molar-refractivity contribution is 5.83. The monoisotopic (exact) mass is 278 g/mol. The molecule has 0 spiro atoms. The van der Waals surface area contributed by atoms with Crippen molar-refractivity contribution in [3.05, 3.63) is 35.6 Å². The predicted octanol–water partition coefficient (Wildman–Crippen LogP) is 2.86. The van der Waals surface area contributed by atoms with Crippen LogP contribution in [0.5, 0.6) is 0 Å². The Bertz CT molecular complexity index is 468. The molecule has 0 aromatic heterocycles. The molecule has 0 aliphatic heterocycles. The Kier molecular flexibility index (Phi) is 4.43. The highest BCUT2D eigenvalue weighted by Gasteiger charge is 2.38. The lowest BCUT2D eigenvalue weighted by atomic mass is 10.0. The Morgan fingerprint density at radius 1 is 1.25 bits per heavy atom. The summed E-state index contributed by atoms with van der Waals surface area (Å²) >= 11 is 0. The van der Waals surface area contributed by atoms with Gasteiger partial charge in [-0.25, -0.2) is 4.39 Å². The molecule has 1 amide bonds. The Labute approximate surface area is 120 Å². The minimum Gasteiger partial charge on any atom is -0.332 e. The zero-order chi connectivity index (χ0) is 14.9. The fraction of sp³-hybridized carbons (Fsp3) is 0.562. The van der Waals surface area contributed by atoms with E-state index in [2.05, 4.69) is 0 Å². The number of benzene rings is 1. The standard InChI is InChI=1S/C16H23FN2O/c1-10(2)15(18)16(20)19(14-8-9-14)11(3)12-4-6-13(17)7-5-12/h4-7,10-11,14-15H,8-9,18H2,1-3H3/t11-,15+/m1/s1. The molecular weight excluding hydrogens is 255 g/mol. The van der Waals surface area contributed by atoms with Crippen molar-refractivity contribution in [2.24, 2.45) is 11.7 Å². The zero-order valence-corrected chi connectivity index (χ0v) is 12.3. The van der Waals surface area contributed by atoms with Crippen molar-refractivity contribution in [1.82, 2.24) is 4.90 Å². The van der Waals surface area contributed by atoms with E-state index in [1.165, 1.54) is 12.1 Å². The number of nitrogens with zero attached hydrogens (tertiary/aromatic N) is 1. The second kappa shape index (κ2) is 5.92. The molecule has 1 aromatic rings. The first-order chi connectivity index (χ1) is 9.41. The lowest BCUT2D eigenvalue weighted by molar-refractivity contribution is -0.136. The molecular formula is C16H23FN2O. The first kappa shape index (κ1) is 15.0. The van der Waals surface area contributed by atoms with E-state index in [0.717, 1.165) is 18.4 Å². The van der Waals surface area contributed by atoms with Gasteiger partial charge in [-0.15, -0.1) is 0 Å². The molecule has 0 heterocycles. The van der Waals surface area contributed by atoms with Crippen LogP contribution in [0.15, 0.2) is 24.3 Å². The van der Waals surface area contributed by atoms with Crippen molar-refractivity contribution in [3.8, 4) is 0 Å². The van der Waals surface area contributed by atoms with Gasteiger partial charge < -0.3 is 10.6 Å². The maximum Gasteiger partial charge on any atom is 0.240 e. The lowest BCUT2D eigenvalue weighted by Crippen LogP contribution is -2.48. The van der Waals surface area contributed by atoms with E-state index in [1.807, 2.05) is 25.7 Å². The van der Waals surface area contributed by atoms with E-state index in [1.54, 1.807) is 12.1 Å². The molecule has 1 aliphatic rings. The fourth-order valence-electron chi connectivity index (χ4n) is 2.40. The van der Waals surface area contributed by atoms with Gasteiger partial charge >= 0.3 is 0 Å². The Morgan fingerprint density at radius 2 is 1.80 bits per heavy atom. The third-order valence-corrected chi connectivity index (χ3v) is 3.97. The van der Waals surface area contributed by atoms with Gasteiger partial charge in [0.15, 0.2) is 0 Å². The average molecular weight is 278 g/mol. The van der Waals surface area contributed by atoms with Crippen LogP contribution in [0.3, 0.4) is 0 Å². The van der Waals surface area contributed by atoms with E-state index >= 15 is 0 Å². The van der Waals surface area contributed by atoms with Gasteiger partial charge in [-0.3, -0.25) is 4.79 Å². The van der Waals surface area contributed by atoms with Gasteiger partial charge in [-0.1, -0.05) is 26.0 Å². The normalized spacial score (nSPS) is 17.9. The maximum absolute atomic E-state index is 13.0. The summed E-state index contributed by atoms with van der Waals surface area (Å²) in [5.41, 5.74) is 6.96. The molecule has 0 saturated heterocycles. The number of amides is 1. The highest BCUT2D eigenvalue weighted by Crippen LogP contribution is 2.35. The quantitative estimate of drug-likeness (QED) is 0.900. The van der Waals surface area contributed by atoms with Gasteiger partial charge in [0.05, 0.1) is 12.1 Å². The highest BCUT2D eigenvalue weighted by atomic mass is 19.1. The minimum absolute atomic E-state index is 0.000625. The number of halogens is 1. The topological polar surface area (TPSA) is 46.3 Å². The minimum atomic E-state index is -0.474. The van der Waals surface area contributed by atoms with Gasteiger partial charge in [-0.05, 0) is 43.4 Å². The molecule has 0 radical (unpaired) electrons. The lowest BCUT2D eigenvalue weighted by Gasteiger charge is -2.33. The second-order valence-electron chi connectivity index (χ2n) is 5.97. The molecule has 2 atom stereocenters. The van der Waals surface area contributed by atoms with Crippen LogP contribution < -0.4 is 5.73 Å². The van der Waals surface area contributed by atoms with Crippen LogP contribution in [0.2, 0.25) is 0 Å². The van der Waals surface area contributed by atoms with Crippen LogP contribution in [-0.2, 0) is 4.79 Å². The van der Waals surface area contributed by atoms with Crippen molar-refractivity contribution in [3.63, 3.8) is 0 Å². The summed E-state index contributed by atoms with van der Waals surface area (Å²) in [5, 5.41) is 0. The summed E-state index contributed by atoms with van der Waals surface area (Å²) in [5.74, 6) is -0.146. The van der Waals surface area contributed by atoms with Crippen molar-refractivity contribution < 1.29 is 9.18 Å². The molecule has 1 fully saturated rings. The van der Waals surface area contributed by atoms with E-state index < -0.39 is 6.04 Å². The largest absolute Gasteiger partial charge is 0.332 e. The van der Waals surface area contributed by atoms with Crippen molar-refractivity contribution in [2.75, 3.05) is 0 Å².